The number of amides is 2. The highest BCUT2D eigenvalue weighted by Crippen LogP contribution is 2.33. The first-order valence-electron chi connectivity index (χ1n) is 10.7. The highest BCUT2D eigenvalue weighted by atomic mass is 19.1. The SMILES string of the molecule is O=C1CCC(Cc2ccc(N3CCC(C4CCNCC4)CC3)c(F)c2)C(=O)N1. The third-order valence-electron chi connectivity index (χ3n) is 6.78. The van der Waals surface area contributed by atoms with Crippen molar-refractivity contribution in [3.05, 3.63) is 29.6 Å². The molecule has 0 saturated carbocycles. The van der Waals surface area contributed by atoms with E-state index in [-0.39, 0.29) is 23.5 Å². The largest absolute Gasteiger partial charge is 0.369 e. The molecule has 3 fully saturated rings. The van der Waals surface area contributed by atoms with Gasteiger partial charge in [-0.3, -0.25) is 14.9 Å². The number of hydrogen-bond donors (Lipinski definition) is 2. The lowest BCUT2D eigenvalue weighted by molar-refractivity contribution is -0.136. The van der Waals surface area contributed by atoms with Crippen LogP contribution in [-0.4, -0.2) is 38.0 Å². The molecule has 3 heterocycles. The van der Waals surface area contributed by atoms with E-state index in [0.717, 1.165) is 56.4 Å². The zero-order valence-electron chi connectivity index (χ0n) is 16.4. The summed E-state index contributed by atoms with van der Waals surface area (Å²) in [5.41, 5.74) is 1.50. The normalized spacial score (nSPS) is 25.0. The molecule has 2 amide bonds. The van der Waals surface area contributed by atoms with Crippen molar-refractivity contribution in [1.82, 2.24) is 10.6 Å². The van der Waals surface area contributed by atoms with Gasteiger partial charge < -0.3 is 10.2 Å². The van der Waals surface area contributed by atoms with Gasteiger partial charge in [0.25, 0.3) is 0 Å². The highest BCUT2D eigenvalue weighted by Gasteiger charge is 2.29. The van der Waals surface area contributed by atoms with Crippen molar-refractivity contribution < 1.29 is 14.0 Å². The predicted molar refractivity (Wildman–Crippen MR) is 107 cm³/mol. The lowest BCUT2D eigenvalue weighted by Crippen LogP contribution is -2.41. The minimum Gasteiger partial charge on any atom is -0.369 e. The molecule has 2 N–H and O–H groups in total. The summed E-state index contributed by atoms with van der Waals surface area (Å²) >= 11 is 0. The summed E-state index contributed by atoms with van der Waals surface area (Å²) in [4.78, 5) is 25.4. The van der Waals surface area contributed by atoms with Gasteiger partial charge in [0.05, 0.1) is 5.69 Å². The minimum atomic E-state index is -0.247. The van der Waals surface area contributed by atoms with Crippen LogP contribution in [0.3, 0.4) is 0 Å². The second-order valence-corrected chi connectivity index (χ2v) is 8.55. The zero-order chi connectivity index (χ0) is 19.5. The van der Waals surface area contributed by atoms with Gasteiger partial charge in [0, 0.05) is 25.4 Å². The van der Waals surface area contributed by atoms with Crippen LogP contribution in [0.2, 0.25) is 0 Å². The van der Waals surface area contributed by atoms with E-state index in [4.69, 9.17) is 0 Å². The number of rotatable bonds is 4. The number of imide groups is 1. The van der Waals surface area contributed by atoms with Crippen LogP contribution in [0.5, 0.6) is 0 Å². The average molecular weight is 387 g/mol. The van der Waals surface area contributed by atoms with E-state index in [2.05, 4.69) is 15.5 Å². The Morgan fingerprint density at radius 2 is 1.71 bits per heavy atom. The molecule has 4 rings (SSSR count). The fourth-order valence-corrected chi connectivity index (χ4v) is 5.08. The molecule has 6 heteroatoms. The van der Waals surface area contributed by atoms with Gasteiger partial charge in [-0.2, -0.15) is 0 Å². The molecule has 28 heavy (non-hydrogen) atoms. The van der Waals surface area contributed by atoms with Gasteiger partial charge in [-0.05, 0) is 81.1 Å². The number of carbonyl (C=O) groups excluding carboxylic acids is 2. The Kier molecular flexibility index (Phi) is 5.95. The maximum atomic E-state index is 14.8. The molecular weight excluding hydrogens is 357 g/mol. The Balaban J connectivity index is 1.34. The quantitative estimate of drug-likeness (QED) is 0.780. The first kappa shape index (κ1) is 19.4. The number of nitrogens with one attached hydrogen (secondary N) is 2. The van der Waals surface area contributed by atoms with Crippen molar-refractivity contribution in [2.45, 2.75) is 44.9 Å². The number of benzene rings is 1. The number of carbonyl (C=O) groups is 2. The van der Waals surface area contributed by atoms with Crippen LogP contribution in [0.1, 0.15) is 44.1 Å². The fraction of sp³-hybridized carbons (Fsp3) is 0.636. The molecule has 0 radical (unpaired) electrons. The van der Waals surface area contributed by atoms with Gasteiger partial charge in [-0.1, -0.05) is 6.07 Å². The lowest BCUT2D eigenvalue weighted by Gasteiger charge is -2.39. The predicted octanol–water partition coefficient (Wildman–Crippen LogP) is 2.64. The van der Waals surface area contributed by atoms with Crippen LogP contribution in [0.15, 0.2) is 18.2 Å². The van der Waals surface area contributed by atoms with Crippen LogP contribution in [0, 0.1) is 23.6 Å². The number of hydrogen-bond acceptors (Lipinski definition) is 4. The minimum absolute atomic E-state index is 0.204. The molecular formula is C22H30FN3O2. The van der Waals surface area contributed by atoms with E-state index < -0.39 is 0 Å². The van der Waals surface area contributed by atoms with Crippen molar-refractivity contribution in [1.29, 1.82) is 0 Å². The Hall–Kier alpha value is -1.95. The maximum Gasteiger partial charge on any atom is 0.230 e. The first-order valence-corrected chi connectivity index (χ1v) is 10.7. The number of anilines is 1. The van der Waals surface area contributed by atoms with Crippen molar-refractivity contribution in [2.24, 2.45) is 17.8 Å². The maximum absolute atomic E-state index is 14.8. The van der Waals surface area contributed by atoms with Crippen molar-refractivity contribution in [2.75, 3.05) is 31.1 Å². The number of nitrogens with zero attached hydrogens (tertiary/aromatic N) is 1. The Labute approximate surface area is 166 Å². The van der Waals surface area contributed by atoms with E-state index in [1.165, 1.54) is 12.8 Å². The van der Waals surface area contributed by atoms with Crippen molar-refractivity contribution in [3.8, 4) is 0 Å². The summed E-state index contributed by atoms with van der Waals surface area (Å²) in [6.45, 7) is 4.10. The zero-order valence-corrected chi connectivity index (χ0v) is 16.4. The van der Waals surface area contributed by atoms with E-state index in [0.29, 0.717) is 24.9 Å². The number of halogens is 1. The third-order valence-corrected chi connectivity index (χ3v) is 6.78. The van der Waals surface area contributed by atoms with Crippen LogP contribution in [-0.2, 0) is 16.0 Å². The van der Waals surface area contributed by atoms with Gasteiger partial charge in [0.1, 0.15) is 5.82 Å². The average Bonchev–Trinajstić information content (AvgIpc) is 2.71. The van der Waals surface area contributed by atoms with E-state index in [9.17, 15) is 14.0 Å². The molecule has 0 aromatic heterocycles. The van der Waals surface area contributed by atoms with E-state index in [1.807, 2.05) is 12.1 Å². The first-order chi connectivity index (χ1) is 13.6. The van der Waals surface area contributed by atoms with Crippen LogP contribution in [0.4, 0.5) is 10.1 Å². The topological polar surface area (TPSA) is 61.4 Å². The molecule has 1 aromatic rings. The van der Waals surface area contributed by atoms with Crippen LogP contribution >= 0.6 is 0 Å². The van der Waals surface area contributed by atoms with Gasteiger partial charge >= 0.3 is 0 Å². The second kappa shape index (κ2) is 8.60. The van der Waals surface area contributed by atoms with Gasteiger partial charge in [0.2, 0.25) is 11.8 Å². The molecule has 3 aliphatic rings. The lowest BCUT2D eigenvalue weighted by atomic mass is 9.79. The molecule has 1 aromatic carbocycles. The summed E-state index contributed by atoms with van der Waals surface area (Å²) in [5, 5.41) is 5.81. The fourth-order valence-electron chi connectivity index (χ4n) is 5.08. The molecule has 0 aliphatic carbocycles. The summed E-state index contributed by atoms with van der Waals surface area (Å²) < 4.78 is 14.8. The molecule has 152 valence electrons. The molecule has 0 spiro atoms. The van der Waals surface area contributed by atoms with Gasteiger partial charge in [0.15, 0.2) is 0 Å². The second-order valence-electron chi connectivity index (χ2n) is 8.55. The summed E-state index contributed by atoms with van der Waals surface area (Å²) in [7, 11) is 0. The Morgan fingerprint density at radius 3 is 2.39 bits per heavy atom. The highest BCUT2D eigenvalue weighted by molar-refractivity contribution is 5.98. The summed E-state index contributed by atoms with van der Waals surface area (Å²) in [6.07, 6.45) is 6.21. The molecule has 0 bridgehead atoms. The van der Waals surface area contributed by atoms with Crippen molar-refractivity contribution in [3.63, 3.8) is 0 Å². The summed E-state index contributed by atoms with van der Waals surface area (Å²) in [5.74, 6) is 0.697. The summed E-state index contributed by atoms with van der Waals surface area (Å²) in [6, 6.07) is 5.36. The Morgan fingerprint density at radius 1 is 1.00 bits per heavy atom. The van der Waals surface area contributed by atoms with Crippen LogP contribution < -0.4 is 15.5 Å². The molecule has 3 aliphatic heterocycles. The Bertz CT molecular complexity index is 724. The van der Waals surface area contributed by atoms with Crippen molar-refractivity contribution >= 4 is 17.5 Å². The standard InChI is InChI=1S/C22H30FN3O2/c23-19-14-15(13-18-2-4-21(27)25-22(18)28)1-3-20(19)26-11-7-17(8-12-26)16-5-9-24-10-6-16/h1,3,14,16-18,24H,2,4-13H2,(H,25,27,28). The molecule has 1 atom stereocenters. The molecule has 1 unspecified atom stereocenters. The smallest absolute Gasteiger partial charge is 0.230 e. The van der Waals surface area contributed by atoms with E-state index in [1.54, 1.807) is 6.07 Å². The monoisotopic (exact) mass is 387 g/mol. The van der Waals surface area contributed by atoms with E-state index >= 15 is 0 Å². The van der Waals surface area contributed by atoms with Crippen LogP contribution in [0.25, 0.3) is 0 Å². The number of piperidine rings is 3. The van der Waals surface area contributed by atoms with Gasteiger partial charge in [-0.15, -0.1) is 0 Å². The van der Waals surface area contributed by atoms with Gasteiger partial charge in [-0.25, -0.2) is 4.39 Å². The third kappa shape index (κ3) is 4.37. The molecule has 5 nitrogen and oxygen atoms in total. The molecule has 3 saturated heterocycles.